The maximum Gasteiger partial charge on any atom is 0.245 e. The van der Waals surface area contributed by atoms with Gasteiger partial charge in [-0.1, -0.05) is 29.3 Å². The van der Waals surface area contributed by atoms with Crippen LogP contribution in [0.25, 0.3) is 0 Å². The highest BCUT2D eigenvalue weighted by molar-refractivity contribution is 7.89. The van der Waals surface area contributed by atoms with E-state index in [1.807, 2.05) is 0 Å². The van der Waals surface area contributed by atoms with Gasteiger partial charge >= 0.3 is 0 Å². The summed E-state index contributed by atoms with van der Waals surface area (Å²) in [7, 11) is -3.66. The zero-order valence-electron chi connectivity index (χ0n) is 10.9. The van der Waals surface area contributed by atoms with Crippen LogP contribution in [0.4, 0.5) is 0 Å². The third-order valence-electron chi connectivity index (χ3n) is 3.20. The summed E-state index contributed by atoms with van der Waals surface area (Å²) in [5, 5.41) is 0.479. The molecule has 1 aliphatic carbocycles. The Balaban J connectivity index is 2.51. The van der Waals surface area contributed by atoms with Crippen molar-refractivity contribution in [3.05, 3.63) is 40.4 Å². The van der Waals surface area contributed by atoms with Gasteiger partial charge in [-0.05, 0) is 25.0 Å². The molecule has 0 saturated heterocycles. The van der Waals surface area contributed by atoms with Crippen molar-refractivity contribution in [3.63, 3.8) is 0 Å². The molecule has 0 amide bonds. The summed E-state index contributed by atoms with van der Waals surface area (Å²) in [6.45, 7) is 3.96. The van der Waals surface area contributed by atoms with Gasteiger partial charge in [0.25, 0.3) is 0 Å². The highest BCUT2D eigenvalue weighted by atomic mass is 35.5. The lowest BCUT2D eigenvalue weighted by molar-refractivity contribution is 0.436. The molecule has 2 rings (SSSR count). The summed E-state index contributed by atoms with van der Waals surface area (Å²) in [5.74, 6) is 0. The number of nitrogens with zero attached hydrogens (tertiary/aromatic N) is 1. The SMILES string of the molecule is C=CCN(C1CC1)S(=O)(=O)c1ccc(Cl)c(CN)c1Cl. The summed E-state index contributed by atoms with van der Waals surface area (Å²) < 4.78 is 26.9. The molecule has 0 spiro atoms. The normalized spacial score (nSPS) is 15.6. The van der Waals surface area contributed by atoms with Crippen molar-refractivity contribution < 1.29 is 8.42 Å². The van der Waals surface area contributed by atoms with Crippen LogP contribution in [0.5, 0.6) is 0 Å². The quantitative estimate of drug-likeness (QED) is 0.813. The van der Waals surface area contributed by atoms with Crippen LogP contribution in [0.15, 0.2) is 29.7 Å². The lowest BCUT2D eigenvalue weighted by atomic mass is 10.2. The zero-order valence-corrected chi connectivity index (χ0v) is 13.2. The average Bonchev–Trinajstić information content (AvgIpc) is 3.20. The number of hydrogen-bond donors (Lipinski definition) is 1. The van der Waals surface area contributed by atoms with E-state index in [1.54, 1.807) is 6.08 Å². The Morgan fingerprint density at radius 2 is 2.05 bits per heavy atom. The lowest BCUT2D eigenvalue weighted by Crippen LogP contribution is -2.33. The molecule has 20 heavy (non-hydrogen) atoms. The van der Waals surface area contributed by atoms with E-state index in [0.29, 0.717) is 10.6 Å². The van der Waals surface area contributed by atoms with E-state index >= 15 is 0 Å². The molecule has 0 unspecified atom stereocenters. The topological polar surface area (TPSA) is 63.4 Å². The van der Waals surface area contributed by atoms with Crippen molar-refractivity contribution in [1.29, 1.82) is 0 Å². The minimum Gasteiger partial charge on any atom is -0.326 e. The van der Waals surface area contributed by atoms with Crippen LogP contribution in [0.2, 0.25) is 10.0 Å². The summed E-state index contributed by atoms with van der Waals surface area (Å²) >= 11 is 12.2. The van der Waals surface area contributed by atoms with E-state index in [2.05, 4.69) is 6.58 Å². The summed E-state index contributed by atoms with van der Waals surface area (Å²) in [6, 6.07) is 2.98. The Hall–Kier alpha value is -0.590. The van der Waals surface area contributed by atoms with E-state index in [-0.39, 0.29) is 29.0 Å². The predicted molar refractivity (Wildman–Crippen MR) is 81.5 cm³/mol. The van der Waals surface area contributed by atoms with Crippen molar-refractivity contribution in [2.24, 2.45) is 5.73 Å². The fourth-order valence-corrected chi connectivity index (χ4v) is 4.59. The van der Waals surface area contributed by atoms with E-state index in [9.17, 15) is 8.42 Å². The minimum absolute atomic E-state index is 0.0334. The Morgan fingerprint density at radius 3 is 2.55 bits per heavy atom. The predicted octanol–water partition coefficient (Wildman–Crippen LogP) is 2.79. The molecule has 2 N–H and O–H groups in total. The Morgan fingerprint density at radius 1 is 1.40 bits per heavy atom. The number of nitrogens with two attached hydrogens (primary N) is 1. The number of hydrogen-bond acceptors (Lipinski definition) is 3. The smallest absolute Gasteiger partial charge is 0.245 e. The molecule has 1 aromatic rings. The van der Waals surface area contributed by atoms with E-state index in [0.717, 1.165) is 12.8 Å². The average molecular weight is 335 g/mol. The first-order valence-corrected chi connectivity index (χ1v) is 8.42. The van der Waals surface area contributed by atoms with Gasteiger partial charge in [0.05, 0.1) is 5.02 Å². The van der Waals surface area contributed by atoms with Crippen molar-refractivity contribution in [3.8, 4) is 0 Å². The highest BCUT2D eigenvalue weighted by Gasteiger charge is 2.38. The first-order chi connectivity index (χ1) is 9.43. The standard InChI is InChI=1S/C13H16Cl2N2O2S/c1-2-7-17(9-3-4-9)20(18,19)12-6-5-11(14)10(8-16)13(12)15/h2,5-6,9H,1,3-4,7-8,16H2. The van der Waals surface area contributed by atoms with Gasteiger partial charge in [-0.2, -0.15) is 4.31 Å². The van der Waals surface area contributed by atoms with Gasteiger partial charge in [0.2, 0.25) is 10.0 Å². The molecular formula is C13H16Cl2N2O2S. The number of rotatable bonds is 6. The molecule has 0 heterocycles. The summed E-state index contributed by atoms with van der Waals surface area (Å²) in [4.78, 5) is 0.0535. The summed E-state index contributed by atoms with van der Waals surface area (Å²) in [5.41, 5.74) is 6.03. The number of benzene rings is 1. The second-order valence-electron chi connectivity index (χ2n) is 4.64. The van der Waals surface area contributed by atoms with Gasteiger partial charge in [-0.3, -0.25) is 0 Å². The van der Waals surface area contributed by atoms with Crippen molar-refractivity contribution in [1.82, 2.24) is 4.31 Å². The molecule has 1 fully saturated rings. The van der Waals surface area contributed by atoms with Gasteiger partial charge < -0.3 is 5.73 Å². The third-order valence-corrected chi connectivity index (χ3v) is 6.06. The highest BCUT2D eigenvalue weighted by Crippen LogP contribution is 2.36. The van der Waals surface area contributed by atoms with Crippen LogP contribution in [0, 0.1) is 0 Å². The second-order valence-corrected chi connectivity index (χ2v) is 7.28. The van der Waals surface area contributed by atoms with E-state index in [1.165, 1.54) is 16.4 Å². The third kappa shape index (κ3) is 2.87. The molecule has 0 bridgehead atoms. The van der Waals surface area contributed by atoms with Crippen LogP contribution in [0.1, 0.15) is 18.4 Å². The number of sulfonamides is 1. The van der Waals surface area contributed by atoms with Crippen LogP contribution in [0.3, 0.4) is 0 Å². The molecule has 110 valence electrons. The fraction of sp³-hybridized carbons (Fsp3) is 0.385. The largest absolute Gasteiger partial charge is 0.326 e. The van der Waals surface area contributed by atoms with Crippen LogP contribution < -0.4 is 5.73 Å². The van der Waals surface area contributed by atoms with Gasteiger partial charge in [0, 0.05) is 29.7 Å². The molecule has 0 aromatic heterocycles. The van der Waals surface area contributed by atoms with E-state index in [4.69, 9.17) is 28.9 Å². The van der Waals surface area contributed by atoms with Gasteiger partial charge in [0.1, 0.15) is 4.90 Å². The van der Waals surface area contributed by atoms with Crippen LogP contribution in [-0.4, -0.2) is 25.3 Å². The minimum atomic E-state index is -3.66. The second kappa shape index (κ2) is 6.03. The van der Waals surface area contributed by atoms with Gasteiger partial charge in [-0.25, -0.2) is 8.42 Å². The Bertz CT molecular complexity index is 628. The molecule has 0 aliphatic heterocycles. The Kier molecular flexibility index (Phi) is 4.76. The van der Waals surface area contributed by atoms with Crippen molar-refractivity contribution in [2.45, 2.75) is 30.3 Å². The van der Waals surface area contributed by atoms with E-state index < -0.39 is 10.0 Å². The molecule has 4 nitrogen and oxygen atoms in total. The molecule has 0 radical (unpaired) electrons. The zero-order chi connectivity index (χ0) is 14.9. The first kappa shape index (κ1) is 15.8. The number of halogens is 2. The fourth-order valence-electron chi connectivity index (χ4n) is 2.02. The Labute approximate surface area is 129 Å². The molecule has 7 heteroatoms. The lowest BCUT2D eigenvalue weighted by Gasteiger charge is -2.21. The maximum absolute atomic E-state index is 12.7. The maximum atomic E-state index is 12.7. The van der Waals surface area contributed by atoms with Gasteiger partial charge in [0.15, 0.2) is 0 Å². The monoisotopic (exact) mass is 334 g/mol. The molecule has 0 atom stereocenters. The molecule has 1 saturated carbocycles. The van der Waals surface area contributed by atoms with Crippen molar-refractivity contribution >= 4 is 33.2 Å². The molecule has 1 aromatic carbocycles. The van der Waals surface area contributed by atoms with Crippen LogP contribution >= 0.6 is 23.2 Å². The molecule has 1 aliphatic rings. The van der Waals surface area contributed by atoms with Gasteiger partial charge in [-0.15, -0.1) is 6.58 Å². The molecular weight excluding hydrogens is 319 g/mol. The first-order valence-electron chi connectivity index (χ1n) is 6.23. The van der Waals surface area contributed by atoms with Crippen LogP contribution in [-0.2, 0) is 16.6 Å². The summed E-state index contributed by atoms with van der Waals surface area (Å²) in [6.07, 6.45) is 3.30. The van der Waals surface area contributed by atoms with Crippen molar-refractivity contribution in [2.75, 3.05) is 6.54 Å².